The highest BCUT2D eigenvalue weighted by molar-refractivity contribution is 5.99. The highest BCUT2D eigenvalue weighted by Crippen LogP contribution is 2.16. The first kappa shape index (κ1) is 19.4. The lowest BCUT2D eigenvalue weighted by atomic mass is 10.1. The van der Waals surface area contributed by atoms with Crippen LogP contribution in [0.5, 0.6) is 0 Å². The van der Waals surface area contributed by atoms with Gasteiger partial charge in [-0.3, -0.25) is 9.59 Å². The van der Waals surface area contributed by atoms with E-state index in [1.807, 2.05) is 26.8 Å². The summed E-state index contributed by atoms with van der Waals surface area (Å²) in [6.45, 7) is 7.33. The SMILES string of the molecule is Cc1ccc(NC(=O)C2COCCN2)cc1C(=O)NC(C)C.Cl. The molecule has 2 amide bonds. The molecule has 0 radical (unpaired) electrons. The molecule has 7 heteroatoms. The number of morpholine rings is 1. The van der Waals surface area contributed by atoms with Crippen LogP contribution in [0.4, 0.5) is 5.69 Å². The molecular weight excluding hydrogens is 318 g/mol. The van der Waals surface area contributed by atoms with E-state index in [-0.39, 0.29) is 36.3 Å². The molecule has 0 bridgehead atoms. The van der Waals surface area contributed by atoms with Crippen molar-refractivity contribution in [3.8, 4) is 0 Å². The molecular formula is C16H24ClN3O3. The van der Waals surface area contributed by atoms with Crippen molar-refractivity contribution in [2.45, 2.75) is 32.9 Å². The Labute approximate surface area is 142 Å². The molecule has 3 N–H and O–H groups in total. The van der Waals surface area contributed by atoms with Gasteiger partial charge in [0.2, 0.25) is 5.91 Å². The minimum atomic E-state index is -0.358. The average molecular weight is 342 g/mol. The summed E-state index contributed by atoms with van der Waals surface area (Å²) in [6.07, 6.45) is 0. The van der Waals surface area contributed by atoms with E-state index < -0.39 is 0 Å². The Kier molecular flexibility index (Phi) is 7.48. The van der Waals surface area contributed by atoms with Crippen molar-refractivity contribution in [3.05, 3.63) is 29.3 Å². The van der Waals surface area contributed by atoms with Crippen molar-refractivity contribution in [2.75, 3.05) is 25.1 Å². The largest absolute Gasteiger partial charge is 0.378 e. The van der Waals surface area contributed by atoms with Gasteiger partial charge in [0.25, 0.3) is 5.91 Å². The fraction of sp³-hybridized carbons (Fsp3) is 0.500. The standard InChI is InChI=1S/C16H23N3O3.ClH/c1-10(2)18-15(20)13-8-12(5-4-11(13)3)19-16(21)14-9-22-7-6-17-14;/h4-5,8,10,14,17H,6-7,9H2,1-3H3,(H,18,20)(H,19,21);1H. The Balaban J connectivity index is 0.00000264. The van der Waals surface area contributed by atoms with E-state index in [2.05, 4.69) is 16.0 Å². The van der Waals surface area contributed by atoms with Crippen LogP contribution in [-0.4, -0.2) is 43.7 Å². The maximum Gasteiger partial charge on any atom is 0.251 e. The van der Waals surface area contributed by atoms with Crippen molar-refractivity contribution in [1.82, 2.24) is 10.6 Å². The summed E-state index contributed by atoms with van der Waals surface area (Å²) in [5, 5.41) is 8.78. The van der Waals surface area contributed by atoms with Crippen molar-refractivity contribution < 1.29 is 14.3 Å². The predicted octanol–water partition coefficient (Wildman–Crippen LogP) is 1.48. The van der Waals surface area contributed by atoms with Crippen LogP contribution in [0.2, 0.25) is 0 Å². The zero-order chi connectivity index (χ0) is 16.1. The van der Waals surface area contributed by atoms with Gasteiger partial charge in [0.1, 0.15) is 6.04 Å². The fourth-order valence-electron chi connectivity index (χ4n) is 2.25. The minimum Gasteiger partial charge on any atom is -0.378 e. The first-order chi connectivity index (χ1) is 10.5. The summed E-state index contributed by atoms with van der Waals surface area (Å²) in [4.78, 5) is 24.3. The highest BCUT2D eigenvalue weighted by Gasteiger charge is 2.21. The van der Waals surface area contributed by atoms with Crippen molar-refractivity contribution in [2.24, 2.45) is 0 Å². The lowest BCUT2D eigenvalue weighted by Gasteiger charge is -2.23. The van der Waals surface area contributed by atoms with E-state index in [1.165, 1.54) is 0 Å². The molecule has 128 valence electrons. The van der Waals surface area contributed by atoms with E-state index in [0.29, 0.717) is 31.0 Å². The molecule has 0 spiro atoms. The summed E-state index contributed by atoms with van der Waals surface area (Å²) in [5.41, 5.74) is 2.05. The third-order valence-corrected chi connectivity index (χ3v) is 3.41. The summed E-state index contributed by atoms with van der Waals surface area (Å²) in [7, 11) is 0. The number of amides is 2. The van der Waals surface area contributed by atoms with Crippen molar-refractivity contribution in [1.29, 1.82) is 0 Å². The van der Waals surface area contributed by atoms with Crippen LogP contribution >= 0.6 is 12.4 Å². The summed E-state index contributed by atoms with van der Waals surface area (Å²) in [5.74, 6) is -0.290. The smallest absolute Gasteiger partial charge is 0.251 e. The van der Waals surface area contributed by atoms with E-state index in [9.17, 15) is 9.59 Å². The minimum absolute atomic E-state index is 0. The number of ether oxygens (including phenoxy) is 1. The molecule has 2 rings (SSSR count). The molecule has 0 aliphatic carbocycles. The van der Waals surface area contributed by atoms with Crippen LogP contribution in [0.25, 0.3) is 0 Å². The molecule has 1 unspecified atom stereocenters. The number of anilines is 1. The van der Waals surface area contributed by atoms with Crippen molar-refractivity contribution in [3.63, 3.8) is 0 Å². The number of hydrogen-bond acceptors (Lipinski definition) is 4. The van der Waals surface area contributed by atoms with Gasteiger partial charge in [-0.25, -0.2) is 0 Å². The van der Waals surface area contributed by atoms with E-state index in [1.54, 1.807) is 12.1 Å². The number of carbonyl (C=O) groups excluding carboxylic acids is 2. The quantitative estimate of drug-likeness (QED) is 0.775. The molecule has 1 atom stereocenters. The molecule has 23 heavy (non-hydrogen) atoms. The monoisotopic (exact) mass is 341 g/mol. The van der Waals surface area contributed by atoms with Gasteiger partial charge in [-0.1, -0.05) is 6.07 Å². The van der Waals surface area contributed by atoms with Gasteiger partial charge in [0, 0.05) is 23.8 Å². The third kappa shape index (κ3) is 5.49. The lowest BCUT2D eigenvalue weighted by Crippen LogP contribution is -2.48. The second kappa shape index (κ2) is 8.86. The molecule has 1 aliphatic heterocycles. The number of halogens is 1. The molecule has 1 heterocycles. The zero-order valence-electron chi connectivity index (χ0n) is 13.6. The molecule has 6 nitrogen and oxygen atoms in total. The first-order valence-corrected chi connectivity index (χ1v) is 7.51. The molecule has 1 saturated heterocycles. The molecule has 1 fully saturated rings. The number of aryl methyl sites for hydroxylation is 1. The Bertz CT molecular complexity index is 558. The van der Waals surface area contributed by atoms with E-state index in [0.717, 1.165) is 5.56 Å². The van der Waals surface area contributed by atoms with Gasteiger partial charge in [-0.2, -0.15) is 0 Å². The highest BCUT2D eigenvalue weighted by atomic mass is 35.5. The van der Waals surface area contributed by atoms with Gasteiger partial charge in [0.15, 0.2) is 0 Å². The number of carbonyl (C=O) groups is 2. The van der Waals surface area contributed by atoms with Crippen LogP contribution in [-0.2, 0) is 9.53 Å². The Morgan fingerprint density at radius 2 is 2.09 bits per heavy atom. The normalized spacial score (nSPS) is 17.3. The van der Waals surface area contributed by atoms with E-state index in [4.69, 9.17) is 4.74 Å². The van der Waals surface area contributed by atoms with Gasteiger partial charge in [-0.15, -0.1) is 12.4 Å². The molecule has 0 aromatic heterocycles. The summed E-state index contributed by atoms with van der Waals surface area (Å²) in [6, 6.07) is 5.03. The second-order valence-electron chi connectivity index (χ2n) is 5.73. The predicted molar refractivity (Wildman–Crippen MR) is 92.3 cm³/mol. The Morgan fingerprint density at radius 3 is 2.70 bits per heavy atom. The van der Waals surface area contributed by atoms with Crippen LogP contribution in [0.3, 0.4) is 0 Å². The molecule has 1 aromatic carbocycles. The molecule has 0 saturated carbocycles. The topological polar surface area (TPSA) is 79.5 Å². The van der Waals surface area contributed by atoms with Crippen LogP contribution < -0.4 is 16.0 Å². The molecule has 1 aliphatic rings. The zero-order valence-corrected chi connectivity index (χ0v) is 14.5. The summed E-state index contributed by atoms with van der Waals surface area (Å²) < 4.78 is 5.28. The maximum absolute atomic E-state index is 12.2. The van der Waals surface area contributed by atoms with Gasteiger partial charge in [0.05, 0.1) is 13.2 Å². The third-order valence-electron chi connectivity index (χ3n) is 3.41. The average Bonchev–Trinajstić information content (AvgIpc) is 2.49. The van der Waals surface area contributed by atoms with Gasteiger partial charge >= 0.3 is 0 Å². The van der Waals surface area contributed by atoms with E-state index >= 15 is 0 Å². The number of nitrogens with one attached hydrogen (secondary N) is 3. The van der Waals surface area contributed by atoms with Crippen LogP contribution in [0, 0.1) is 6.92 Å². The Hall–Kier alpha value is -1.63. The second-order valence-corrected chi connectivity index (χ2v) is 5.73. The molecule has 1 aromatic rings. The lowest BCUT2D eigenvalue weighted by molar-refractivity contribution is -0.120. The Morgan fingerprint density at radius 1 is 1.35 bits per heavy atom. The maximum atomic E-state index is 12.2. The number of benzene rings is 1. The number of hydrogen-bond donors (Lipinski definition) is 3. The van der Waals surface area contributed by atoms with Crippen LogP contribution in [0.15, 0.2) is 18.2 Å². The fourth-order valence-corrected chi connectivity index (χ4v) is 2.25. The first-order valence-electron chi connectivity index (χ1n) is 7.51. The van der Waals surface area contributed by atoms with Gasteiger partial charge < -0.3 is 20.7 Å². The van der Waals surface area contributed by atoms with Crippen molar-refractivity contribution >= 4 is 29.9 Å². The van der Waals surface area contributed by atoms with Gasteiger partial charge in [-0.05, 0) is 38.5 Å². The summed E-state index contributed by atoms with van der Waals surface area (Å²) >= 11 is 0. The number of rotatable bonds is 4. The van der Waals surface area contributed by atoms with Crippen LogP contribution in [0.1, 0.15) is 29.8 Å².